The first-order valence-electron chi connectivity index (χ1n) is 12.0. The number of ether oxygens (including phenoxy) is 1. The number of hydrogen-bond donors (Lipinski definition) is 5. The van der Waals surface area contributed by atoms with Crippen molar-refractivity contribution in [2.75, 3.05) is 19.0 Å². The number of fused-ring (bicyclic) bond motifs is 1. The molecule has 0 bridgehead atoms. The Morgan fingerprint density at radius 1 is 1.24 bits per heavy atom. The topological polar surface area (TPSA) is 151 Å². The summed E-state index contributed by atoms with van der Waals surface area (Å²) < 4.78 is 6.93. The number of hydrogen-bond acceptors (Lipinski definition) is 8. The van der Waals surface area contributed by atoms with Gasteiger partial charge in [0.25, 0.3) is 0 Å². The Kier molecular flexibility index (Phi) is 7.61. The molecule has 1 aromatic carbocycles. The number of rotatable bonds is 9. The minimum Gasteiger partial charge on any atom is -0.508 e. The van der Waals surface area contributed by atoms with E-state index in [9.17, 15) is 15.3 Å². The van der Waals surface area contributed by atoms with Gasteiger partial charge in [-0.25, -0.2) is 14.5 Å². The highest BCUT2D eigenvalue weighted by Crippen LogP contribution is 2.32. The molecule has 4 aromatic rings. The Balaban J connectivity index is 1.88. The molecule has 0 spiro atoms. The number of pyridine rings is 1. The number of nitrogens with zero attached hydrogens (tertiary/aromatic N) is 4. The van der Waals surface area contributed by atoms with Crippen molar-refractivity contribution < 1.29 is 20.1 Å². The standard InChI is InChI=1S/C27H32N6O4/c1-5-17-9-19(36)6-7-22(17)32-27(28)21-12-30-33-13-18(20-11-29-25(37-4)8-15(20)2)10-24(33)26(21)31-23(14-34)16(3)35/h6-13,16,23,31,34-36H,5,14H2,1-4H3,(H2,28,32)/t16-,23-/m1/s1. The maximum atomic E-state index is 10.2. The smallest absolute Gasteiger partial charge is 0.213 e. The molecule has 0 aliphatic rings. The van der Waals surface area contributed by atoms with Crippen LogP contribution >= 0.6 is 0 Å². The van der Waals surface area contributed by atoms with E-state index in [1.165, 1.54) is 0 Å². The van der Waals surface area contributed by atoms with E-state index in [0.717, 1.165) is 22.3 Å². The number of methoxy groups -OCH3 is 1. The summed E-state index contributed by atoms with van der Waals surface area (Å²) in [7, 11) is 1.57. The fourth-order valence-corrected chi connectivity index (χ4v) is 4.15. The summed E-state index contributed by atoms with van der Waals surface area (Å²) in [6.45, 7) is 5.25. The van der Waals surface area contributed by atoms with Gasteiger partial charge in [-0.15, -0.1) is 0 Å². The first-order chi connectivity index (χ1) is 17.7. The number of aliphatic imine (C=N–C) groups is 1. The summed E-state index contributed by atoms with van der Waals surface area (Å²) in [6.07, 6.45) is 5.04. The van der Waals surface area contributed by atoms with E-state index in [2.05, 4.69) is 20.4 Å². The second kappa shape index (κ2) is 10.9. The third kappa shape index (κ3) is 5.35. The second-order valence-corrected chi connectivity index (χ2v) is 8.87. The van der Waals surface area contributed by atoms with Gasteiger partial charge >= 0.3 is 0 Å². The number of phenolic OH excluding ortho intramolecular Hbond substituents is 1. The zero-order chi connectivity index (χ0) is 26.7. The summed E-state index contributed by atoms with van der Waals surface area (Å²) in [5.74, 6) is 0.886. The molecule has 0 radical (unpaired) electrons. The quantitative estimate of drug-likeness (QED) is 0.172. The highest BCUT2D eigenvalue weighted by Gasteiger charge is 2.21. The Morgan fingerprint density at radius 2 is 2.03 bits per heavy atom. The first-order valence-corrected chi connectivity index (χ1v) is 12.0. The van der Waals surface area contributed by atoms with Gasteiger partial charge in [-0.05, 0) is 55.7 Å². The molecule has 10 heteroatoms. The lowest BCUT2D eigenvalue weighted by Gasteiger charge is -2.22. The third-order valence-corrected chi connectivity index (χ3v) is 6.31. The van der Waals surface area contributed by atoms with Crippen LogP contribution in [0.4, 0.5) is 11.4 Å². The maximum Gasteiger partial charge on any atom is 0.213 e. The molecule has 4 rings (SSSR count). The summed E-state index contributed by atoms with van der Waals surface area (Å²) in [6, 6.07) is 8.08. The largest absolute Gasteiger partial charge is 0.508 e. The van der Waals surface area contributed by atoms with E-state index in [-0.39, 0.29) is 18.2 Å². The second-order valence-electron chi connectivity index (χ2n) is 8.87. The molecule has 10 nitrogen and oxygen atoms in total. The number of aromatic nitrogens is 3. The number of nitrogens with one attached hydrogen (secondary N) is 1. The molecule has 194 valence electrons. The van der Waals surface area contributed by atoms with E-state index >= 15 is 0 Å². The zero-order valence-electron chi connectivity index (χ0n) is 21.3. The van der Waals surface area contributed by atoms with Gasteiger partial charge in [-0.1, -0.05) is 6.92 Å². The fraction of sp³-hybridized carbons (Fsp3) is 0.296. The van der Waals surface area contributed by atoms with E-state index < -0.39 is 12.1 Å². The average Bonchev–Trinajstić information content (AvgIpc) is 3.32. The summed E-state index contributed by atoms with van der Waals surface area (Å²) in [4.78, 5) is 8.97. The van der Waals surface area contributed by atoms with Crippen LogP contribution in [-0.2, 0) is 6.42 Å². The van der Waals surface area contributed by atoms with Gasteiger partial charge in [0, 0.05) is 29.6 Å². The Morgan fingerprint density at radius 3 is 2.68 bits per heavy atom. The van der Waals surface area contributed by atoms with Gasteiger partial charge in [-0.2, -0.15) is 5.10 Å². The molecular weight excluding hydrogens is 472 g/mol. The van der Waals surface area contributed by atoms with Crippen molar-refractivity contribution in [2.24, 2.45) is 10.7 Å². The van der Waals surface area contributed by atoms with Crippen molar-refractivity contribution in [3.8, 4) is 22.8 Å². The molecule has 0 fully saturated rings. The van der Waals surface area contributed by atoms with Crippen molar-refractivity contribution in [3.63, 3.8) is 0 Å². The maximum absolute atomic E-state index is 10.2. The molecule has 0 aliphatic heterocycles. The van der Waals surface area contributed by atoms with Crippen LogP contribution in [0.2, 0.25) is 0 Å². The number of aryl methyl sites for hydroxylation is 2. The van der Waals surface area contributed by atoms with Crippen molar-refractivity contribution in [1.82, 2.24) is 14.6 Å². The van der Waals surface area contributed by atoms with Gasteiger partial charge in [0.15, 0.2) is 0 Å². The molecule has 2 atom stereocenters. The van der Waals surface area contributed by atoms with E-state index in [1.807, 2.05) is 32.2 Å². The lowest BCUT2D eigenvalue weighted by molar-refractivity contribution is 0.132. The lowest BCUT2D eigenvalue weighted by Crippen LogP contribution is -2.36. The number of anilines is 1. The SMILES string of the molecule is CCc1cc(O)ccc1/N=C(\N)c1cnn2cc(-c3cnc(OC)cc3C)cc2c1N[C@H](CO)[C@@H](C)O. The van der Waals surface area contributed by atoms with Crippen LogP contribution in [0, 0.1) is 6.92 Å². The molecule has 0 aliphatic carbocycles. The van der Waals surface area contributed by atoms with Crippen LogP contribution in [0.25, 0.3) is 16.6 Å². The van der Waals surface area contributed by atoms with Crippen molar-refractivity contribution >= 4 is 22.7 Å². The number of aliphatic hydroxyl groups is 2. The van der Waals surface area contributed by atoms with E-state index in [0.29, 0.717) is 34.8 Å². The predicted molar refractivity (Wildman–Crippen MR) is 144 cm³/mol. The average molecular weight is 505 g/mol. The van der Waals surface area contributed by atoms with Crippen molar-refractivity contribution in [1.29, 1.82) is 0 Å². The molecule has 0 saturated carbocycles. The lowest BCUT2D eigenvalue weighted by atomic mass is 10.1. The molecule has 37 heavy (non-hydrogen) atoms. The fourth-order valence-electron chi connectivity index (χ4n) is 4.15. The molecular formula is C27H32N6O4. The molecule has 0 unspecified atom stereocenters. The summed E-state index contributed by atoms with van der Waals surface area (Å²) in [5, 5.41) is 37.8. The molecule has 3 aromatic heterocycles. The minimum atomic E-state index is -0.838. The zero-order valence-corrected chi connectivity index (χ0v) is 21.3. The molecule has 3 heterocycles. The van der Waals surface area contributed by atoms with Crippen LogP contribution < -0.4 is 15.8 Å². The normalized spacial score (nSPS) is 13.5. The summed E-state index contributed by atoms with van der Waals surface area (Å²) in [5.41, 5.74) is 12.5. The van der Waals surface area contributed by atoms with Crippen molar-refractivity contribution in [3.05, 3.63) is 65.6 Å². The Bertz CT molecular complexity index is 1450. The molecule has 0 amide bonds. The van der Waals surface area contributed by atoms with Gasteiger partial charge < -0.3 is 31.1 Å². The van der Waals surface area contributed by atoms with Crippen LogP contribution in [0.3, 0.4) is 0 Å². The van der Waals surface area contributed by atoms with Crippen LogP contribution in [0.15, 0.2) is 53.9 Å². The number of nitrogens with two attached hydrogens (primary N) is 1. The number of aromatic hydroxyl groups is 1. The van der Waals surface area contributed by atoms with Crippen LogP contribution in [0.5, 0.6) is 11.6 Å². The highest BCUT2D eigenvalue weighted by molar-refractivity contribution is 6.06. The van der Waals surface area contributed by atoms with Crippen molar-refractivity contribution in [2.45, 2.75) is 39.3 Å². The molecule has 0 saturated heterocycles. The van der Waals surface area contributed by atoms with Gasteiger partial charge in [0.1, 0.15) is 11.6 Å². The Labute approximate surface area is 215 Å². The van der Waals surface area contributed by atoms with Crippen LogP contribution in [-0.4, -0.2) is 61.6 Å². The van der Waals surface area contributed by atoms with Crippen LogP contribution in [0.1, 0.15) is 30.5 Å². The van der Waals surface area contributed by atoms with E-state index in [4.69, 9.17) is 10.5 Å². The van der Waals surface area contributed by atoms with Gasteiger partial charge in [-0.3, -0.25) is 0 Å². The number of benzene rings is 1. The third-order valence-electron chi connectivity index (χ3n) is 6.31. The Hall–Kier alpha value is -4.15. The highest BCUT2D eigenvalue weighted by atomic mass is 16.5. The number of phenols is 1. The van der Waals surface area contributed by atoms with E-state index in [1.54, 1.807) is 49.1 Å². The van der Waals surface area contributed by atoms with Gasteiger partial charge in [0.2, 0.25) is 5.88 Å². The summed E-state index contributed by atoms with van der Waals surface area (Å²) >= 11 is 0. The predicted octanol–water partition coefficient (Wildman–Crippen LogP) is 3.17. The molecule has 6 N–H and O–H groups in total. The van der Waals surface area contributed by atoms with Gasteiger partial charge in [0.05, 0.1) is 54.5 Å². The number of amidine groups is 1. The first kappa shape index (κ1) is 25.9. The monoisotopic (exact) mass is 504 g/mol. The number of aliphatic hydroxyl groups excluding tert-OH is 2. The minimum absolute atomic E-state index is 0.159.